The Hall–Kier alpha value is -1.71. The van der Waals surface area contributed by atoms with Crippen molar-refractivity contribution in [1.29, 1.82) is 0 Å². The number of ether oxygens (including phenoxy) is 2. The van der Waals surface area contributed by atoms with Crippen LogP contribution in [0.3, 0.4) is 0 Å². The average Bonchev–Trinajstić information content (AvgIpc) is 3.38. The summed E-state index contributed by atoms with van der Waals surface area (Å²) in [5, 5.41) is 4.09. The Morgan fingerprint density at radius 1 is 1.09 bits per heavy atom. The van der Waals surface area contributed by atoms with Crippen LogP contribution in [-0.2, 0) is 13.2 Å². The highest BCUT2D eigenvalue weighted by Gasteiger charge is 2.20. The van der Waals surface area contributed by atoms with E-state index in [2.05, 4.69) is 5.32 Å². The highest BCUT2D eigenvalue weighted by atomic mass is 35.5. The Balaban J connectivity index is 1.73. The van der Waals surface area contributed by atoms with Crippen LogP contribution >= 0.6 is 11.6 Å². The van der Waals surface area contributed by atoms with E-state index in [-0.39, 0.29) is 0 Å². The normalized spacial score (nSPS) is 13.8. The molecular weight excluding hydrogens is 310 g/mol. The van der Waals surface area contributed by atoms with Crippen molar-refractivity contribution in [3.8, 4) is 11.5 Å². The van der Waals surface area contributed by atoms with Gasteiger partial charge in [0.2, 0.25) is 0 Å². The van der Waals surface area contributed by atoms with E-state index in [9.17, 15) is 0 Å². The van der Waals surface area contributed by atoms with E-state index in [0.29, 0.717) is 35.8 Å². The van der Waals surface area contributed by atoms with Crippen LogP contribution in [0.1, 0.15) is 30.9 Å². The van der Waals surface area contributed by atoms with E-state index in [1.807, 2.05) is 49.4 Å². The SMILES string of the molecule is CCOc1cc(CNC2CC2)cc(Cl)c1OCc1ccccc1. The Kier molecular flexibility index (Phi) is 5.42. The van der Waals surface area contributed by atoms with Gasteiger partial charge in [-0.25, -0.2) is 0 Å². The summed E-state index contributed by atoms with van der Waals surface area (Å²) in [6.45, 7) is 3.82. The molecule has 0 saturated heterocycles. The molecule has 23 heavy (non-hydrogen) atoms. The maximum atomic E-state index is 6.43. The minimum absolute atomic E-state index is 0.473. The maximum Gasteiger partial charge on any atom is 0.180 e. The second-order valence-corrected chi connectivity index (χ2v) is 6.17. The summed E-state index contributed by atoms with van der Waals surface area (Å²) in [7, 11) is 0. The molecule has 2 aromatic rings. The molecule has 0 radical (unpaired) electrons. The molecule has 3 nitrogen and oxygen atoms in total. The lowest BCUT2D eigenvalue weighted by atomic mass is 10.2. The molecule has 0 aromatic heterocycles. The van der Waals surface area contributed by atoms with Crippen molar-refractivity contribution in [2.24, 2.45) is 0 Å². The molecule has 3 rings (SSSR count). The molecule has 0 spiro atoms. The number of benzene rings is 2. The number of rotatable bonds is 8. The molecule has 1 saturated carbocycles. The first-order chi connectivity index (χ1) is 11.3. The molecule has 1 aliphatic carbocycles. The fourth-order valence-electron chi connectivity index (χ4n) is 2.41. The molecular formula is C19H22ClNO2. The molecule has 1 fully saturated rings. The van der Waals surface area contributed by atoms with Gasteiger partial charge in [-0.3, -0.25) is 0 Å². The van der Waals surface area contributed by atoms with Crippen LogP contribution < -0.4 is 14.8 Å². The van der Waals surface area contributed by atoms with Gasteiger partial charge in [0.05, 0.1) is 11.6 Å². The predicted molar refractivity (Wildman–Crippen MR) is 93.3 cm³/mol. The summed E-state index contributed by atoms with van der Waals surface area (Å²) >= 11 is 6.43. The fourth-order valence-corrected chi connectivity index (χ4v) is 2.69. The Labute approximate surface area is 142 Å². The van der Waals surface area contributed by atoms with Crippen molar-refractivity contribution in [3.63, 3.8) is 0 Å². The zero-order valence-corrected chi connectivity index (χ0v) is 14.1. The molecule has 0 unspecified atom stereocenters. The highest BCUT2D eigenvalue weighted by Crippen LogP contribution is 2.37. The molecule has 0 amide bonds. The van der Waals surface area contributed by atoms with Crippen LogP contribution in [0.15, 0.2) is 42.5 Å². The predicted octanol–water partition coefficient (Wildman–Crippen LogP) is 4.57. The summed E-state index contributed by atoms with van der Waals surface area (Å²) < 4.78 is 11.7. The summed E-state index contributed by atoms with van der Waals surface area (Å²) in [4.78, 5) is 0. The third-order valence-electron chi connectivity index (χ3n) is 3.77. The number of hydrogen-bond acceptors (Lipinski definition) is 3. The van der Waals surface area contributed by atoms with Crippen molar-refractivity contribution < 1.29 is 9.47 Å². The maximum absolute atomic E-state index is 6.43. The van der Waals surface area contributed by atoms with Gasteiger partial charge in [-0.1, -0.05) is 41.9 Å². The van der Waals surface area contributed by atoms with E-state index in [1.165, 1.54) is 12.8 Å². The van der Waals surface area contributed by atoms with Crippen LogP contribution in [-0.4, -0.2) is 12.6 Å². The van der Waals surface area contributed by atoms with E-state index < -0.39 is 0 Å². The molecule has 0 aliphatic heterocycles. The number of hydrogen-bond donors (Lipinski definition) is 1. The van der Waals surface area contributed by atoms with Gasteiger partial charge >= 0.3 is 0 Å². The molecule has 0 atom stereocenters. The molecule has 2 aromatic carbocycles. The summed E-state index contributed by atoms with van der Waals surface area (Å²) in [6, 6.07) is 14.7. The monoisotopic (exact) mass is 331 g/mol. The average molecular weight is 332 g/mol. The zero-order chi connectivity index (χ0) is 16.1. The van der Waals surface area contributed by atoms with Gasteiger partial charge in [-0.15, -0.1) is 0 Å². The van der Waals surface area contributed by atoms with Crippen molar-refractivity contribution in [2.75, 3.05) is 6.61 Å². The molecule has 1 aliphatic rings. The Morgan fingerprint density at radius 3 is 2.57 bits per heavy atom. The van der Waals surface area contributed by atoms with Crippen molar-refractivity contribution in [2.45, 2.75) is 39.0 Å². The quantitative estimate of drug-likeness (QED) is 0.768. The van der Waals surface area contributed by atoms with Crippen LogP contribution in [0.4, 0.5) is 0 Å². The van der Waals surface area contributed by atoms with E-state index in [1.54, 1.807) is 0 Å². The van der Waals surface area contributed by atoms with Gasteiger partial charge in [0.15, 0.2) is 11.5 Å². The third-order valence-corrected chi connectivity index (χ3v) is 4.05. The minimum Gasteiger partial charge on any atom is -0.490 e. The smallest absolute Gasteiger partial charge is 0.180 e. The number of halogens is 1. The lowest BCUT2D eigenvalue weighted by molar-refractivity contribution is 0.269. The Morgan fingerprint density at radius 2 is 1.87 bits per heavy atom. The molecule has 0 heterocycles. The van der Waals surface area contributed by atoms with Crippen LogP contribution in [0.2, 0.25) is 5.02 Å². The molecule has 0 bridgehead atoms. The summed E-state index contributed by atoms with van der Waals surface area (Å²) in [5.74, 6) is 1.33. The molecule has 1 N–H and O–H groups in total. The Bertz CT molecular complexity index is 641. The molecule has 122 valence electrons. The standard InChI is InChI=1S/C19H22ClNO2/c1-2-22-18-11-15(12-21-16-8-9-16)10-17(20)19(18)23-13-14-6-4-3-5-7-14/h3-7,10-11,16,21H,2,8-9,12-13H2,1H3. The second kappa shape index (κ2) is 7.71. The van der Waals surface area contributed by atoms with Gasteiger partial charge in [0.1, 0.15) is 6.61 Å². The van der Waals surface area contributed by atoms with Gasteiger partial charge in [0, 0.05) is 12.6 Å². The highest BCUT2D eigenvalue weighted by molar-refractivity contribution is 6.32. The van der Waals surface area contributed by atoms with E-state index in [4.69, 9.17) is 21.1 Å². The van der Waals surface area contributed by atoms with Crippen LogP contribution in [0, 0.1) is 0 Å². The van der Waals surface area contributed by atoms with Crippen molar-refractivity contribution in [1.82, 2.24) is 5.32 Å². The van der Waals surface area contributed by atoms with Crippen molar-refractivity contribution >= 4 is 11.6 Å². The van der Waals surface area contributed by atoms with Gasteiger partial charge in [0.25, 0.3) is 0 Å². The summed E-state index contributed by atoms with van der Waals surface area (Å²) in [5.41, 5.74) is 2.22. The largest absolute Gasteiger partial charge is 0.490 e. The van der Waals surface area contributed by atoms with Gasteiger partial charge < -0.3 is 14.8 Å². The first-order valence-corrected chi connectivity index (χ1v) is 8.49. The van der Waals surface area contributed by atoms with Crippen LogP contribution in [0.25, 0.3) is 0 Å². The van der Waals surface area contributed by atoms with E-state index >= 15 is 0 Å². The lowest BCUT2D eigenvalue weighted by Crippen LogP contribution is -2.15. The van der Waals surface area contributed by atoms with E-state index in [0.717, 1.165) is 17.7 Å². The first-order valence-electron chi connectivity index (χ1n) is 8.11. The van der Waals surface area contributed by atoms with Gasteiger partial charge in [-0.2, -0.15) is 0 Å². The second-order valence-electron chi connectivity index (χ2n) is 5.77. The molecule has 4 heteroatoms. The van der Waals surface area contributed by atoms with Crippen LogP contribution in [0.5, 0.6) is 11.5 Å². The topological polar surface area (TPSA) is 30.5 Å². The fraction of sp³-hybridized carbons (Fsp3) is 0.368. The first kappa shape index (κ1) is 16.2. The number of nitrogens with one attached hydrogen (secondary N) is 1. The summed E-state index contributed by atoms with van der Waals surface area (Å²) in [6.07, 6.45) is 2.54. The minimum atomic E-state index is 0.473. The third kappa shape index (κ3) is 4.63. The van der Waals surface area contributed by atoms with Crippen molar-refractivity contribution in [3.05, 3.63) is 58.6 Å². The zero-order valence-electron chi connectivity index (χ0n) is 13.3. The van der Waals surface area contributed by atoms with Gasteiger partial charge in [-0.05, 0) is 43.0 Å². The lowest BCUT2D eigenvalue weighted by Gasteiger charge is -2.15.